The Labute approximate surface area is 97.9 Å². The van der Waals surface area contributed by atoms with E-state index in [0.29, 0.717) is 0 Å². The molecule has 1 rings (SSSR count). The fourth-order valence-electron chi connectivity index (χ4n) is 1.63. The number of hydrogen-bond donors (Lipinski definition) is 2. The van der Waals surface area contributed by atoms with Crippen LogP contribution in [0.15, 0.2) is 0 Å². The fraction of sp³-hybridized carbons (Fsp3) is 0.900. The van der Waals surface area contributed by atoms with Crippen molar-refractivity contribution in [2.24, 2.45) is 5.92 Å². The Bertz CT molecular complexity index is 286. The largest absolute Gasteiger partial charge is 0.444 e. The molecular formula is C10H17F3N2O2. The number of amides is 1. The molecule has 0 radical (unpaired) electrons. The number of alkyl carbamates (subject to hydrolysis) is 1. The van der Waals surface area contributed by atoms with Crippen LogP contribution in [0.3, 0.4) is 0 Å². The number of rotatable bonds is 1. The van der Waals surface area contributed by atoms with E-state index in [-0.39, 0.29) is 13.1 Å². The van der Waals surface area contributed by atoms with Crippen LogP contribution >= 0.6 is 0 Å². The van der Waals surface area contributed by atoms with E-state index in [1.54, 1.807) is 20.8 Å². The highest BCUT2D eigenvalue weighted by Crippen LogP contribution is 2.30. The number of hydrogen-bond acceptors (Lipinski definition) is 3. The topological polar surface area (TPSA) is 50.4 Å². The highest BCUT2D eigenvalue weighted by Gasteiger charge is 2.47. The molecule has 2 N–H and O–H groups in total. The van der Waals surface area contributed by atoms with Crippen LogP contribution in [0.1, 0.15) is 20.8 Å². The van der Waals surface area contributed by atoms with Crippen LogP contribution in [-0.4, -0.2) is 37.0 Å². The Morgan fingerprint density at radius 3 is 2.35 bits per heavy atom. The van der Waals surface area contributed by atoms with Gasteiger partial charge in [0.1, 0.15) is 5.60 Å². The number of ether oxygens (including phenoxy) is 1. The average molecular weight is 254 g/mol. The first kappa shape index (κ1) is 14.1. The van der Waals surface area contributed by atoms with Crippen molar-refractivity contribution in [2.75, 3.05) is 13.1 Å². The standard InChI is InChI=1S/C10H17F3N2O2/c1-9(2,3)17-8(16)15-7-5-14-4-6(7)10(11,12)13/h6-7,14H,4-5H2,1-3H3,(H,15,16)/t6-,7-/m1/s1. The van der Waals surface area contributed by atoms with Gasteiger partial charge < -0.3 is 15.4 Å². The minimum Gasteiger partial charge on any atom is -0.444 e. The van der Waals surface area contributed by atoms with Gasteiger partial charge in [-0.3, -0.25) is 0 Å². The Morgan fingerprint density at radius 2 is 1.88 bits per heavy atom. The molecule has 0 bridgehead atoms. The van der Waals surface area contributed by atoms with Crippen molar-refractivity contribution in [3.63, 3.8) is 0 Å². The molecule has 2 atom stereocenters. The van der Waals surface area contributed by atoms with Crippen molar-refractivity contribution in [1.29, 1.82) is 0 Å². The van der Waals surface area contributed by atoms with Gasteiger partial charge in [-0.1, -0.05) is 0 Å². The summed E-state index contributed by atoms with van der Waals surface area (Å²) < 4.78 is 42.6. The van der Waals surface area contributed by atoms with Gasteiger partial charge in [0.25, 0.3) is 0 Å². The van der Waals surface area contributed by atoms with Crippen LogP contribution in [-0.2, 0) is 4.74 Å². The van der Waals surface area contributed by atoms with Gasteiger partial charge in [0.05, 0.1) is 12.0 Å². The van der Waals surface area contributed by atoms with Gasteiger partial charge in [-0.05, 0) is 20.8 Å². The quantitative estimate of drug-likeness (QED) is 0.748. The van der Waals surface area contributed by atoms with Crippen molar-refractivity contribution in [2.45, 2.75) is 38.6 Å². The molecule has 1 heterocycles. The third-order valence-electron chi connectivity index (χ3n) is 2.34. The number of nitrogens with one attached hydrogen (secondary N) is 2. The van der Waals surface area contributed by atoms with Crippen molar-refractivity contribution < 1.29 is 22.7 Å². The van der Waals surface area contributed by atoms with Gasteiger partial charge in [-0.15, -0.1) is 0 Å². The molecule has 0 aromatic carbocycles. The number of alkyl halides is 3. The van der Waals surface area contributed by atoms with E-state index in [9.17, 15) is 18.0 Å². The molecule has 0 aromatic rings. The minimum absolute atomic E-state index is 0.101. The molecule has 4 nitrogen and oxygen atoms in total. The molecule has 0 aromatic heterocycles. The third kappa shape index (κ3) is 4.41. The van der Waals surface area contributed by atoms with Gasteiger partial charge in [0.2, 0.25) is 0 Å². The summed E-state index contributed by atoms with van der Waals surface area (Å²) in [5, 5.41) is 4.86. The summed E-state index contributed by atoms with van der Waals surface area (Å²) in [5.74, 6) is -1.56. The molecule has 0 aliphatic carbocycles. The van der Waals surface area contributed by atoms with E-state index in [4.69, 9.17) is 4.74 Å². The van der Waals surface area contributed by atoms with Crippen molar-refractivity contribution in [1.82, 2.24) is 10.6 Å². The highest BCUT2D eigenvalue weighted by atomic mass is 19.4. The van der Waals surface area contributed by atoms with Crippen LogP contribution in [0.4, 0.5) is 18.0 Å². The molecule has 1 aliphatic heterocycles. The lowest BCUT2D eigenvalue weighted by atomic mass is 10.0. The van der Waals surface area contributed by atoms with Gasteiger partial charge >= 0.3 is 12.3 Å². The lowest BCUT2D eigenvalue weighted by molar-refractivity contribution is -0.173. The summed E-state index contributed by atoms with van der Waals surface area (Å²) >= 11 is 0. The maximum Gasteiger partial charge on any atom is 0.407 e. The molecule has 7 heteroatoms. The summed E-state index contributed by atoms with van der Waals surface area (Å²) in [6.07, 6.45) is -5.14. The van der Waals surface area contributed by atoms with Gasteiger partial charge in [-0.2, -0.15) is 13.2 Å². The Kier molecular flexibility index (Phi) is 3.91. The zero-order valence-electron chi connectivity index (χ0n) is 10.0. The predicted molar refractivity (Wildman–Crippen MR) is 55.6 cm³/mol. The summed E-state index contributed by atoms with van der Waals surface area (Å²) in [6, 6.07) is -0.968. The molecule has 1 amide bonds. The van der Waals surface area contributed by atoms with Crippen LogP contribution in [0.2, 0.25) is 0 Å². The van der Waals surface area contributed by atoms with E-state index in [0.717, 1.165) is 0 Å². The first-order valence-corrected chi connectivity index (χ1v) is 5.36. The molecular weight excluding hydrogens is 237 g/mol. The molecule has 100 valence electrons. The molecule has 0 spiro atoms. The predicted octanol–water partition coefficient (Wildman–Crippen LogP) is 1.66. The highest BCUT2D eigenvalue weighted by molar-refractivity contribution is 5.68. The average Bonchev–Trinajstić information content (AvgIpc) is 2.46. The second-order valence-corrected chi connectivity index (χ2v) is 5.06. The van der Waals surface area contributed by atoms with Crippen molar-refractivity contribution in [3.8, 4) is 0 Å². The molecule has 1 saturated heterocycles. The number of carbonyl (C=O) groups excluding carboxylic acids is 1. The van der Waals surface area contributed by atoms with E-state index >= 15 is 0 Å². The smallest absolute Gasteiger partial charge is 0.407 e. The molecule has 1 fully saturated rings. The van der Waals surface area contributed by atoms with Gasteiger partial charge in [-0.25, -0.2) is 4.79 Å². The Morgan fingerprint density at radius 1 is 1.29 bits per heavy atom. The van der Waals surface area contributed by atoms with Crippen molar-refractivity contribution >= 4 is 6.09 Å². The van der Waals surface area contributed by atoms with Gasteiger partial charge in [0, 0.05) is 13.1 Å². The van der Waals surface area contributed by atoms with Crippen molar-refractivity contribution in [3.05, 3.63) is 0 Å². The van der Waals surface area contributed by atoms with E-state index in [2.05, 4.69) is 10.6 Å². The molecule has 0 saturated carbocycles. The second-order valence-electron chi connectivity index (χ2n) is 5.06. The number of halogens is 3. The summed E-state index contributed by atoms with van der Waals surface area (Å²) in [4.78, 5) is 11.4. The first-order chi connectivity index (χ1) is 7.59. The second kappa shape index (κ2) is 4.72. The minimum atomic E-state index is -4.32. The van der Waals surface area contributed by atoms with Crippen LogP contribution in [0.25, 0.3) is 0 Å². The van der Waals surface area contributed by atoms with E-state index < -0.39 is 29.8 Å². The molecule has 17 heavy (non-hydrogen) atoms. The van der Waals surface area contributed by atoms with Crippen LogP contribution < -0.4 is 10.6 Å². The SMILES string of the molecule is CC(C)(C)OC(=O)N[C@@H]1CNC[C@H]1C(F)(F)F. The zero-order chi connectivity index (χ0) is 13.3. The van der Waals surface area contributed by atoms with Crippen LogP contribution in [0, 0.1) is 5.92 Å². The number of carbonyl (C=O) groups is 1. The maximum atomic E-state index is 12.6. The van der Waals surface area contributed by atoms with Crippen LogP contribution in [0.5, 0.6) is 0 Å². The molecule has 0 unspecified atom stereocenters. The fourth-order valence-corrected chi connectivity index (χ4v) is 1.63. The summed E-state index contributed by atoms with van der Waals surface area (Å²) in [7, 11) is 0. The van der Waals surface area contributed by atoms with Gasteiger partial charge in [0.15, 0.2) is 0 Å². The zero-order valence-corrected chi connectivity index (χ0v) is 10.0. The lowest BCUT2D eigenvalue weighted by Gasteiger charge is -2.25. The monoisotopic (exact) mass is 254 g/mol. The maximum absolute atomic E-state index is 12.6. The summed E-state index contributed by atoms with van der Waals surface area (Å²) in [6.45, 7) is 4.88. The Hall–Kier alpha value is -0.980. The Balaban J connectivity index is 2.54. The van der Waals surface area contributed by atoms with E-state index in [1.165, 1.54) is 0 Å². The first-order valence-electron chi connectivity index (χ1n) is 5.36. The van der Waals surface area contributed by atoms with E-state index in [1.807, 2.05) is 0 Å². The summed E-state index contributed by atoms with van der Waals surface area (Å²) in [5.41, 5.74) is -0.718. The normalized spacial score (nSPS) is 25.8. The molecule has 1 aliphatic rings. The lowest BCUT2D eigenvalue weighted by Crippen LogP contribution is -2.47. The third-order valence-corrected chi connectivity index (χ3v) is 2.34.